The lowest BCUT2D eigenvalue weighted by Gasteiger charge is -2.21. The maximum Gasteiger partial charge on any atom is 0.272 e. The highest BCUT2D eigenvalue weighted by Crippen LogP contribution is 2.31. The highest BCUT2D eigenvalue weighted by Gasteiger charge is 2.42. The van der Waals surface area contributed by atoms with Crippen molar-refractivity contribution in [3.05, 3.63) is 41.5 Å². The van der Waals surface area contributed by atoms with Crippen LogP contribution in [0.15, 0.2) is 24.4 Å². The summed E-state index contributed by atoms with van der Waals surface area (Å²) in [5.41, 5.74) is 0.566. The minimum Gasteiger partial charge on any atom is -0.381 e. The Morgan fingerprint density at radius 2 is 2.17 bits per heavy atom. The molecule has 0 spiro atoms. The molecular weight excluding hydrogens is 294 g/mol. The summed E-state index contributed by atoms with van der Waals surface area (Å²) < 4.78 is 1.71. The molecule has 23 heavy (non-hydrogen) atoms. The number of pyridine rings is 1. The minimum absolute atomic E-state index is 0.166. The first-order valence-electron chi connectivity index (χ1n) is 7.77. The Kier molecular flexibility index (Phi) is 3.89. The topological polar surface area (TPSA) is 84.1 Å². The second-order valence-corrected chi connectivity index (χ2v) is 6.35. The molecule has 0 aromatic carbocycles. The average molecular weight is 315 g/mol. The van der Waals surface area contributed by atoms with Crippen molar-refractivity contribution in [3.8, 4) is 0 Å². The van der Waals surface area contributed by atoms with Crippen molar-refractivity contribution in [2.45, 2.75) is 38.8 Å². The van der Waals surface area contributed by atoms with E-state index in [1.807, 2.05) is 32.9 Å². The predicted molar refractivity (Wildman–Crippen MR) is 83.8 cm³/mol. The largest absolute Gasteiger partial charge is 0.381 e. The molecule has 0 bridgehead atoms. The number of hydrogen-bond acceptors (Lipinski definition) is 5. The number of amides is 1. The van der Waals surface area contributed by atoms with Gasteiger partial charge in [0.1, 0.15) is 17.0 Å². The van der Waals surface area contributed by atoms with Crippen molar-refractivity contribution in [3.63, 3.8) is 0 Å². The van der Waals surface area contributed by atoms with Crippen LogP contribution in [0, 0.1) is 6.92 Å². The van der Waals surface area contributed by atoms with Crippen LogP contribution in [0.5, 0.6) is 0 Å². The number of rotatable bonds is 3. The lowest BCUT2D eigenvalue weighted by Crippen LogP contribution is -2.35. The monoisotopic (exact) mass is 315 g/mol. The molecule has 1 aliphatic heterocycles. The van der Waals surface area contributed by atoms with Crippen LogP contribution in [0.3, 0.4) is 0 Å². The molecule has 0 saturated carbocycles. The zero-order valence-electron chi connectivity index (χ0n) is 13.6. The molecule has 1 N–H and O–H groups in total. The van der Waals surface area contributed by atoms with Gasteiger partial charge in [-0.2, -0.15) is 0 Å². The number of aliphatic hydroxyl groups is 1. The first-order chi connectivity index (χ1) is 10.9. The number of carbonyl (C=O) groups excluding carboxylic acids is 1. The molecule has 7 heteroatoms. The van der Waals surface area contributed by atoms with Gasteiger partial charge >= 0.3 is 0 Å². The summed E-state index contributed by atoms with van der Waals surface area (Å²) in [4.78, 5) is 18.4. The Bertz CT molecular complexity index is 727. The number of aromatic nitrogens is 4. The molecule has 1 saturated heterocycles. The van der Waals surface area contributed by atoms with Gasteiger partial charge in [-0.05, 0) is 32.9 Å². The van der Waals surface area contributed by atoms with Crippen LogP contribution >= 0.6 is 0 Å². The lowest BCUT2D eigenvalue weighted by atomic mass is 10.00. The van der Waals surface area contributed by atoms with Crippen LogP contribution < -0.4 is 0 Å². The van der Waals surface area contributed by atoms with E-state index in [4.69, 9.17) is 0 Å². The number of hydrogen-bond donors (Lipinski definition) is 1. The zero-order valence-corrected chi connectivity index (χ0v) is 13.6. The molecule has 122 valence electrons. The first kappa shape index (κ1) is 15.6. The van der Waals surface area contributed by atoms with Crippen LogP contribution in [0.25, 0.3) is 0 Å². The van der Waals surface area contributed by atoms with Crippen molar-refractivity contribution >= 4 is 5.91 Å². The number of likely N-dealkylation sites (tertiary alicyclic amines) is 1. The van der Waals surface area contributed by atoms with Crippen LogP contribution in [-0.2, 0) is 5.60 Å². The lowest BCUT2D eigenvalue weighted by molar-refractivity contribution is 0.0380. The standard InChI is InChI=1S/C16H21N5O2/c1-11(2)21-9-14(18-19-21)16(23)7-8-20(10-16)15(22)13-6-4-5-12(3)17-13/h4-6,9,11,23H,7-8,10H2,1-3H3. The normalized spacial score (nSPS) is 21.2. The number of nitrogens with zero attached hydrogens (tertiary/aromatic N) is 5. The summed E-state index contributed by atoms with van der Waals surface area (Å²) >= 11 is 0. The van der Waals surface area contributed by atoms with E-state index in [1.54, 1.807) is 21.8 Å². The summed E-state index contributed by atoms with van der Waals surface area (Å²) in [7, 11) is 0. The third-order valence-electron chi connectivity index (χ3n) is 4.16. The molecule has 1 unspecified atom stereocenters. The van der Waals surface area contributed by atoms with Crippen LogP contribution in [-0.4, -0.2) is 49.0 Å². The van der Waals surface area contributed by atoms with Gasteiger partial charge in [0.2, 0.25) is 0 Å². The molecule has 1 amide bonds. The number of carbonyl (C=O) groups is 1. The summed E-state index contributed by atoms with van der Waals surface area (Å²) in [5, 5.41) is 19.0. The van der Waals surface area contributed by atoms with Crippen LogP contribution in [0.1, 0.15) is 48.2 Å². The SMILES string of the molecule is Cc1cccc(C(=O)N2CCC(O)(c3cn(C(C)C)nn3)C2)n1. The second-order valence-electron chi connectivity index (χ2n) is 6.35. The van der Waals surface area contributed by atoms with Crippen molar-refractivity contribution < 1.29 is 9.90 Å². The van der Waals surface area contributed by atoms with Gasteiger partial charge < -0.3 is 10.0 Å². The summed E-state index contributed by atoms with van der Waals surface area (Å²) in [6, 6.07) is 5.53. The van der Waals surface area contributed by atoms with E-state index in [-0.39, 0.29) is 18.5 Å². The molecule has 0 aliphatic carbocycles. The first-order valence-corrected chi connectivity index (χ1v) is 7.77. The number of β-amino-alcohol motifs (C(OH)–C–C–N with tert-alkyl or cyclic N) is 1. The van der Waals surface area contributed by atoms with Gasteiger partial charge in [-0.1, -0.05) is 11.3 Å². The molecule has 3 heterocycles. The van der Waals surface area contributed by atoms with Gasteiger partial charge in [-0.3, -0.25) is 4.79 Å². The fourth-order valence-corrected chi connectivity index (χ4v) is 2.74. The molecular formula is C16H21N5O2. The number of aryl methyl sites for hydroxylation is 1. The highest BCUT2D eigenvalue weighted by atomic mass is 16.3. The summed E-state index contributed by atoms with van der Waals surface area (Å²) in [6.07, 6.45) is 2.20. The maximum atomic E-state index is 12.5. The van der Waals surface area contributed by atoms with Gasteiger partial charge in [-0.15, -0.1) is 5.10 Å². The third kappa shape index (κ3) is 2.96. The molecule has 3 rings (SSSR count). The Balaban J connectivity index is 1.77. The van der Waals surface area contributed by atoms with Crippen molar-refractivity contribution in [2.75, 3.05) is 13.1 Å². The predicted octanol–water partition coefficient (Wildman–Crippen LogP) is 1.30. The summed E-state index contributed by atoms with van der Waals surface area (Å²) in [6.45, 7) is 6.52. The maximum absolute atomic E-state index is 12.5. The summed E-state index contributed by atoms with van der Waals surface area (Å²) in [5.74, 6) is -0.166. The van der Waals surface area contributed by atoms with E-state index in [9.17, 15) is 9.90 Å². The van der Waals surface area contributed by atoms with E-state index in [0.717, 1.165) is 5.69 Å². The molecule has 1 fully saturated rings. The second kappa shape index (κ2) is 5.73. The molecule has 1 aliphatic rings. The highest BCUT2D eigenvalue weighted by molar-refractivity contribution is 5.92. The smallest absolute Gasteiger partial charge is 0.272 e. The fourth-order valence-electron chi connectivity index (χ4n) is 2.74. The van der Waals surface area contributed by atoms with Crippen molar-refractivity contribution in [1.82, 2.24) is 24.9 Å². The van der Waals surface area contributed by atoms with E-state index in [0.29, 0.717) is 24.4 Å². The van der Waals surface area contributed by atoms with Gasteiger partial charge in [-0.25, -0.2) is 9.67 Å². The molecule has 7 nitrogen and oxygen atoms in total. The Labute approximate surface area is 134 Å². The van der Waals surface area contributed by atoms with E-state index < -0.39 is 5.60 Å². The van der Waals surface area contributed by atoms with Crippen molar-refractivity contribution in [2.24, 2.45) is 0 Å². The van der Waals surface area contributed by atoms with E-state index in [2.05, 4.69) is 15.3 Å². The van der Waals surface area contributed by atoms with Crippen LogP contribution in [0.4, 0.5) is 0 Å². The fraction of sp³-hybridized carbons (Fsp3) is 0.500. The Morgan fingerprint density at radius 3 is 2.83 bits per heavy atom. The molecule has 2 aromatic heterocycles. The molecule has 1 atom stereocenters. The minimum atomic E-state index is -1.15. The van der Waals surface area contributed by atoms with E-state index in [1.165, 1.54) is 0 Å². The van der Waals surface area contributed by atoms with Gasteiger partial charge in [0, 0.05) is 24.7 Å². The Morgan fingerprint density at radius 1 is 1.39 bits per heavy atom. The zero-order chi connectivity index (χ0) is 16.6. The van der Waals surface area contributed by atoms with Gasteiger partial charge in [0.25, 0.3) is 5.91 Å². The van der Waals surface area contributed by atoms with Gasteiger partial charge in [0.05, 0.1) is 12.7 Å². The average Bonchev–Trinajstić information content (AvgIpc) is 3.14. The van der Waals surface area contributed by atoms with Crippen LogP contribution in [0.2, 0.25) is 0 Å². The Hall–Kier alpha value is -2.28. The van der Waals surface area contributed by atoms with Crippen molar-refractivity contribution in [1.29, 1.82) is 0 Å². The third-order valence-corrected chi connectivity index (χ3v) is 4.16. The quantitative estimate of drug-likeness (QED) is 0.923. The van der Waals surface area contributed by atoms with E-state index >= 15 is 0 Å². The molecule has 2 aromatic rings. The molecule has 0 radical (unpaired) electrons. The van der Waals surface area contributed by atoms with Gasteiger partial charge in [0.15, 0.2) is 0 Å².